The fraction of sp³-hybridized carbons (Fsp3) is 0.208. The summed E-state index contributed by atoms with van der Waals surface area (Å²) >= 11 is 0. The number of hydrogen-bond acceptors (Lipinski definition) is 6. The van der Waals surface area contributed by atoms with Gasteiger partial charge in [-0.15, -0.1) is 5.10 Å². The maximum absolute atomic E-state index is 12.6. The number of carbonyl (C=O) groups is 1. The molecule has 2 aromatic carbocycles. The number of fused-ring (bicyclic) bond motifs is 1. The van der Waals surface area contributed by atoms with Crippen molar-refractivity contribution in [1.29, 1.82) is 0 Å². The molecular weight excluding hydrogens is 404 g/mol. The summed E-state index contributed by atoms with van der Waals surface area (Å²) in [7, 11) is 1.63. The van der Waals surface area contributed by atoms with Gasteiger partial charge in [-0.25, -0.2) is 4.98 Å². The van der Waals surface area contributed by atoms with Gasteiger partial charge in [-0.3, -0.25) is 4.79 Å². The number of carbonyl (C=O) groups excluding carboxylic acids is 1. The number of benzene rings is 2. The van der Waals surface area contributed by atoms with Crippen molar-refractivity contribution in [2.24, 2.45) is 0 Å². The highest BCUT2D eigenvalue weighted by Crippen LogP contribution is 2.40. The van der Waals surface area contributed by atoms with Crippen LogP contribution in [0.3, 0.4) is 0 Å². The Labute approximate surface area is 185 Å². The molecule has 3 heterocycles. The van der Waals surface area contributed by atoms with Gasteiger partial charge in [0.05, 0.1) is 24.7 Å². The fourth-order valence-electron chi connectivity index (χ4n) is 4.08. The van der Waals surface area contributed by atoms with Crippen LogP contribution in [0.2, 0.25) is 0 Å². The van der Waals surface area contributed by atoms with Crippen LogP contribution in [0.5, 0.6) is 5.75 Å². The number of ether oxygens (including phenoxy) is 1. The average Bonchev–Trinajstić information content (AvgIpc) is 3.15. The first-order valence-electron chi connectivity index (χ1n) is 10.3. The molecule has 1 aliphatic rings. The van der Waals surface area contributed by atoms with E-state index in [9.17, 15) is 4.79 Å². The van der Waals surface area contributed by atoms with Gasteiger partial charge >= 0.3 is 0 Å². The fourth-order valence-corrected chi connectivity index (χ4v) is 4.08. The van der Waals surface area contributed by atoms with E-state index in [1.165, 1.54) is 5.56 Å². The molecule has 0 saturated carbocycles. The summed E-state index contributed by atoms with van der Waals surface area (Å²) in [6.07, 6.45) is 1.95. The van der Waals surface area contributed by atoms with Gasteiger partial charge < -0.3 is 10.1 Å². The first-order valence-corrected chi connectivity index (χ1v) is 10.3. The summed E-state index contributed by atoms with van der Waals surface area (Å²) in [5, 5.41) is 16.0. The highest BCUT2D eigenvalue weighted by molar-refractivity contribution is 5.95. The van der Waals surface area contributed by atoms with Crippen molar-refractivity contribution in [3.8, 4) is 23.0 Å². The molecule has 0 fully saturated rings. The third-order valence-electron chi connectivity index (χ3n) is 5.68. The lowest BCUT2D eigenvalue weighted by Gasteiger charge is -2.24. The van der Waals surface area contributed by atoms with Crippen LogP contribution in [0.1, 0.15) is 34.7 Å². The Bertz CT molecular complexity index is 1310. The second-order valence-electron chi connectivity index (χ2n) is 7.85. The summed E-state index contributed by atoms with van der Waals surface area (Å²) in [5.41, 5.74) is 5.53. The molecule has 0 aliphatic carbocycles. The van der Waals surface area contributed by atoms with Gasteiger partial charge in [0.25, 0.3) is 5.95 Å². The smallest absolute Gasteiger partial charge is 0.272 e. The minimum atomic E-state index is -0.143. The average molecular weight is 426 g/mol. The van der Waals surface area contributed by atoms with E-state index >= 15 is 0 Å². The molecule has 1 N–H and O–H groups in total. The number of anilines is 1. The topological polar surface area (TPSA) is 94.8 Å². The molecule has 0 radical (unpaired) electrons. The minimum Gasteiger partial charge on any atom is -0.497 e. The van der Waals surface area contributed by atoms with E-state index in [-0.39, 0.29) is 11.8 Å². The second kappa shape index (κ2) is 7.88. The maximum Gasteiger partial charge on any atom is 0.272 e. The van der Waals surface area contributed by atoms with Crippen molar-refractivity contribution in [1.82, 2.24) is 25.0 Å². The van der Waals surface area contributed by atoms with Crippen molar-refractivity contribution in [3.63, 3.8) is 0 Å². The predicted molar refractivity (Wildman–Crippen MR) is 120 cm³/mol. The number of aryl methyl sites for hydroxylation is 2. The van der Waals surface area contributed by atoms with Crippen LogP contribution in [0.15, 0.2) is 54.7 Å². The normalized spacial score (nSPS) is 15.2. The molecule has 0 saturated heterocycles. The van der Waals surface area contributed by atoms with Crippen molar-refractivity contribution >= 4 is 11.7 Å². The first-order chi connectivity index (χ1) is 15.5. The molecule has 1 atom stereocenters. The third kappa shape index (κ3) is 3.49. The van der Waals surface area contributed by atoms with Crippen molar-refractivity contribution in [2.45, 2.75) is 26.2 Å². The molecule has 0 spiro atoms. The molecular formula is C24H22N6O2. The zero-order valence-electron chi connectivity index (χ0n) is 18.0. The monoisotopic (exact) mass is 426 g/mol. The molecule has 1 amide bonds. The Morgan fingerprint density at radius 1 is 1.12 bits per heavy atom. The predicted octanol–water partition coefficient (Wildman–Crippen LogP) is 3.82. The van der Waals surface area contributed by atoms with Gasteiger partial charge in [0.2, 0.25) is 5.91 Å². The first kappa shape index (κ1) is 19.9. The SMILES string of the molecule is COc1cccc([C@@H]2CC(=O)Nc3c2c(C)nn3-c2nncc(-c3ccc(C)cc3)n2)c1. The van der Waals surface area contributed by atoms with Gasteiger partial charge in [-0.05, 0) is 31.5 Å². The summed E-state index contributed by atoms with van der Waals surface area (Å²) < 4.78 is 6.95. The van der Waals surface area contributed by atoms with E-state index in [1.54, 1.807) is 18.0 Å². The Balaban J connectivity index is 1.60. The quantitative estimate of drug-likeness (QED) is 0.533. The molecule has 4 aromatic rings. The third-order valence-corrected chi connectivity index (χ3v) is 5.68. The van der Waals surface area contributed by atoms with Crippen LogP contribution in [0.4, 0.5) is 5.82 Å². The zero-order valence-corrected chi connectivity index (χ0v) is 18.0. The highest BCUT2D eigenvalue weighted by atomic mass is 16.5. The summed E-state index contributed by atoms with van der Waals surface area (Å²) in [4.78, 5) is 17.3. The summed E-state index contributed by atoms with van der Waals surface area (Å²) in [6.45, 7) is 3.96. The molecule has 0 unspecified atom stereocenters. The molecule has 2 aromatic heterocycles. The van der Waals surface area contributed by atoms with Crippen LogP contribution in [-0.4, -0.2) is 38.0 Å². The maximum atomic E-state index is 12.6. The standard InChI is InChI=1S/C24H22N6O2/c1-14-7-9-16(10-8-14)20-13-25-28-24(26-20)30-23-22(15(2)29-30)19(12-21(31)27-23)17-5-4-6-18(11-17)32-3/h4-11,13,19H,12H2,1-3H3,(H,27,31)/t19-/m0/s1. The van der Waals surface area contributed by atoms with Crippen molar-refractivity contribution < 1.29 is 9.53 Å². The van der Waals surface area contributed by atoms with E-state index in [0.717, 1.165) is 28.1 Å². The van der Waals surface area contributed by atoms with Gasteiger partial charge in [-0.2, -0.15) is 14.9 Å². The Hall–Kier alpha value is -4.07. The van der Waals surface area contributed by atoms with Crippen LogP contribution in [0.25, 0.3) is 17.2 Å². The van der Waals surface area contributed by atoms with Crippen LogP contribution in [0, 0.1) is 13.8 Å². The van der Waals surface area contributed by atoms with E-state index in [0.29, 0.717) is 23.9 Å². The highest BCUT2D eigenvalue weighted by Gasteiger charge is 2.33. The van der Waals surface area contributed by atoms with Gasteiger partial charge in [-0.1, -0.05) is 42.0 Å². The lowest BCUT2D eigenvalue weighted by Crippen LogP contribution is -2.25. The summed E-state index contributed by atoms with van der Waals surface area (Å²) in [6, 6.07) is 15.8. The molecule has 0 bridgehead atoms. The van der Waals surface area contributed by atoms with Crippen molar-refractivity contribution in [3.05, 3.63) is 77.1 Å². The van der Waals surface area contributed by atoms with Gasteiger partial charge in [0.15, 0.2) is 0 Å². The van der Waals surface area contributed by atoms with E-state index < -0.39 is 0 Å². The number of methoxy groups -OCH3 is 1. The molecule has 1 aliphatic heterocycles. The second-order valence-corrected chi connectivity index (χ2v) is 7.85. The van der Waals surface area contributed by atoms with Crippen molar-refractivity contribution in [2.75, 3.05) is 12.4 Å². The number of amides is 1. The van der Waals surface area contributed by atoms with Gasteiger partial charge in [0.1, 0.15) is 11.6 Å². The number of aromatic nitrogens is 5. The zero-order chi connectivity index (χ0) is 22.2. The molecule has 5 rings (SSSR count). The van der Waals surface area contributed by atoms with Crippen LogP contribution >= 0.6 is 0 Å². The van der Waals surface area contributed by atoms with E-state index in [1.807, 2.05) is 62.4 Å². The number of nitrogens with zero attached hydrogens (tertiary/aromatic N) is 5. The molecule has 8 heteroatoms. The Kier molecular flexibility index (Phi) is 4.89. The Morgan fingerprint density at radius 3 is 2.72 bits per heavy atom. The van der Waals surface area contributed by atoms with E-state index in [2.05, 4.69) is 25.6 Å². The number of rotatable bonds is 4. The van der Waals surface area contributed by atoms with Crippen LogP contribution < -0.4 is 10.1 Å². The lowest BCUT2D eigenvalue weighted by molar-refractivity contribution is -0.116. The molecule has 8 nitrogen and oxygen atoms in total. The minimum absolute atomic E-state index is 0.0888. The number of nitrogens with one attached hydrogen (secondary N) is 1. The largest absolute Gasteiger partial charge is 0.497 e. The van der Waals surface area contributed by atoms with Gasteiger partial charge in [0, 0.05) is 23.5 Å². The lowest BCUT2D eigenvalue weighted by atomic mass is 9.86. The summed E-state index contributed by atoms with van der Waals surface area (Å²) in [5.74, 6) is 1.40. The van der Waals surface area contributed by atoms with Crippen LogP contribution in [-0.2, 0) is 4.79 Å². The molecule has 32 heavy (non-hydrogen) atoms. The Morgan fingerprint density at radius 2 is 1.94 bits per heavy atom. The van der Waals surface area contributed by atoms with E-state index in [4.69, 9.17) is 4.74 Å². The molecule has 160 valence electrons. The number of hydrogen-bond donors (Lipinski definition) is 1.